The van der Waals surface area contributed by atoms with Crippen molar-refractivity contribution < 1.29 is 9.59 Å². The zero-order valence-electron chi connectivity index (χ0n) is 12.3. The molecule has 5 nitrogen and oxygen atoms in total. The SMILES string of the molecule is CC(=O)N1CCc2cc(C(=O)NCC(N)C3CC3)ccc21. The third-order valence-corrected chi connectivity index (χ3v) is 4.34. The van der Waals surface area contributed by atoms with Crippen LogP contribution in [0.3, 0.4) is 0 Å². The minimum absolute atomic E-state index is 0.0429. The number of hydrogen-bond donors (Lipinski definition) is 2. The molecule has 2 amide bonds. The second-order valence-corrected chi connectivity index (χ2v) is 5.98. The molecule has 3 N–H and O–H groups in total. The lowest BCUT2D eigenvalue weighted by molar-refractivity contribution is -0.116. The summed E-state index contributed by atoms with van der Waals surface area (Å²) in [6, 6.07) is 5.59. The summed E-state index contributed by atoms with van der Waals surface area (Å²) in [5.74, 6) is 0.533. The molecule has 1 aliphatic heterocycles. The van der Waals surface area contributed by atoms with E-state index in [1.54, 1.807) is 17.9 Å². The van der Waals surface area contributed by atoms with Crippen LogP contribution in [0.5, 0.6) is 0 Å². The lowest BCUT2D eigenvalue weighted by Gasteiger charge is -2.15. The first-order chi connectivity index (χ1) is 10.1. The molecule has 1 fully saturated rings. The van der Waals surface area contributed by atoms with Crippen LogP contribution in [-0.2, 0) is 11.2 Å². The minimum Gasteiger partial charge on any atom is -0.350 e. The summed E-state index contributed by atoms with van der Waals surface area (Å²) in [5.41, 5.74) is 8.61. The molecule has 1 aromatic carbocycles. The van der Waals surface area contributed by atoms with Gasteiger partial charge in [-0.1, -0.05) is 0 Å². The van der Waals surface area contributed by atoms with Gasteiger partial charge in [-0.15, -0.1) is 0 Å². The van der Waals surface area contributed by atoms with Gasteiger partial charge in [-0.2, -0.15) is 0 Å². The normalized spacial score (nSPS) is 18.3. The number of carbonyl (C=O) groups is 2. The van der Waals surface area contributed by atoms with E-state index in [1.807, 2.05) is 12.1 Å². The number of nitrogens with zero attached hydrogens (tertiary/aromatic N) is 1. The fourth-order valence-corrected chi connectivity index (χ4v) is 2.87. The fourth-order valence-electron chi connectivity index (χ4n) is 2.87. The van der Waals surface area contributed by atoms with Crippen LogP contribution >= 0.6 is 0 Å². The van der Waals surface area contributed by atoms with Gasteiger partial charge in [0.05, 0.1) is 0 Å². The van der Waals surface area contributed by atoms with Crippen molar-refractivity contribution in [2.24, 2.45) is 11.7 Å². The number of amides is 2. The maximum atomic E-state index is 12.2. The summed E-state index contributed by atoms with van der Waals surface area (Å²) in [5, 5.41) is 2.90. The number of anilines is 1. The predicted octanol–water partition coefficient (Wildman–Crippen LogP) is 1.06. The van der Waals surface area contributed by atoms with Gasteiger partial charge in [0.2, 0.25) is 5.91 Å². The maximum absolute atomic E-state index is 12.2. The lowest BCUT2D eigenvalue weighted by Crippen LogP contribution is -2.38. The van der Waals surface area contributed by atoms with Gasteiger partial charge in [0.15, 0.2) is 0 Å². The summed E-state index contributed by atoms with van der Waals surface area (Å²) in [7, 11) is 0. The van der Waals surface area contributed by atoms with E-state index < -0.39 is 0 Å². The molecule has 112 valence electrons. The van der Waals surface area contributed by atoms with Crippen LogP contribution in [0.1, 0.15) is 35.7 Å². The van der Waals surface area contributed by atoms with E-state index in [2.05, 4.69) is 5.32 Å². The highest BCUT2D eigenvalue weighted by atomic mass is 16.2. The standard InChI is InChI=1S/C16H21N3O2/c1-10(20)19-7-6-12-8-13(4-5-15(12)19)16(21)18-9-14(17)11-2-3-11/h4-5,8,11,14H,2-3,6-7,9,17H2,1H3,(H,18,21). The summed E-state index contributed by atoms with van der Waals surface area (Å²) in [6.45, 7) is 2.79. The molecule has 0 bridgehead atoms. The molecule has 1 atom stereocenters. The molecule has 3 rings (SSSR count). The molecular formula is C16H21N3O2. The first-order valence-corrected chi connectivity index (χ1v) is 7.51. The Labute approximate surface area is 124 Å². The van der Waals surface area contributed by atoms with Crippen molar-refractivity contribution in [2.75, 3.05) is 18.0 Å². The maximum Gasteiger partial charge on any atom is 0.251 e. The van der Waals surface area contributed by atoms with Crippen LogP contribution < -0.4 is 16.0 Å². The molecule has 5 heteroatoms. The summed E-state index contributed by atoms with van der Waals surface area (Å²) >= 11 is 0. The first kappa shape index (κ1) is 14.1. The first-order valence-electron chi connectivity index (χ1n) is 7.51. The number of rotatable bonds is 4. The van der Waals surface area contributed by atoms with E-state index in [1.165, 1.54) is 12.8 Å². The van der Waals surface area contributed by atoms with Crippen molar-refractivity contribution >= 4 is 17.5 Å². The Kier molecular flexibility index (Phi) is 3.68. The van der Waals surface area contributed by atoms with Gasteiger partial charge in [0.1, 0.15) is 0 Å². The summed E-state index contributed by atoms with van der Waals surface area (Å²) < 4.78 is 0. The van der Waals surface area contributed by atoms with Crippen LogP contribution in [0, 0.1) is 5.92 Å². The molecule has 1 aromatic rings. The van der Waals surface area contributed by atoms with Crippen molar-refractivity contribution in [3.05, 3.63) is 29.3 Å². The van der Waals surface area contributed by atoms with E-state index in [0.29, 0.717) is 24.6 Å². The zero-order chi connectivity index (χ0) is 15.0. The van der Waals surface area contributed by atoms with Crippen molar-refractivity contribution in [2.45, 2.75) is 32.2 Å². The minimum atomic E-state index is -0.0878. The molecule has 0 radical (unpaired) electrons. The Morgan fingerprint density at radius 2 is 2.19 bits per heavy atom. The number of nitrogens with two attached hydrogens (primary N) is 1. The van der Waals surface area contributed by atoms with Crippen LogP contribution in [0.2, 0.25) is 0 Å². The second-order valence-electron chi connectivity index (χ2n) is 5.98. The average Bonchev–Trinajstić information content (AvgIpc) is 3.23. The fraction of sp³-hybridized carbons (Fsp3) is 0.500. The van der Waals surface area contributed by atoms with Gasteiger partial charge < -0.3 is 16.0 Å². The topological polar surface area (TPSA) is 75.4 Å². The smallest absolute Gasteiger partial charge is 0.251 e. The largest absolute Gasteiger partial charge is 0.350 e. The third kappa shape index (κ3) is 2.93. The third-order valence-electron chi connectivity index (χ3n) is 4.34. The van der Waals surface area contributed by atoms with Crippen molar-refractivity contribution in [3.63, 3.8) is 0 Å². The highest BCUT2D eigenvalue weighted by molar-refractivity contribution is 5.97. The molecular weight excluding hydrogens is 266 g/mol. The quantitative estimate of drug-likeness (QED) is 0.869. The molecule has 1 heterocycles. The van der Waals surface area contributed by atoms with Gasteiger partial charge in [-0.3, -0.25) is 9.59 Å². The van der Waals surface area contributed by atoms with E-state index in [9.17, 15) is 9.59 Å². The van der Waals surface area contributed by atoms with Crippen molar-refractivity contribution in [1.82, 2.24) is 5.32 Å². The van der Waals surface area contributed by atoms with Crippen LogP contribution in [0.25, 0.3) is 0 Å². The highest BCUT2D eigenvalue weighted by Crippen LogP contribution is 2.31. The molecule has 0 saturated heterocycles. The Hall–Kier alpha value is -1.88. The Morgan fingerprint density at radius 3 is 2.86 bits per heavy atom. The zero-order valence-corrected chi connectivity index (χ0v) is 12.3. The molecule has 0 spiro atoms. The van der Waals surface area contributed by atoms with Gasteiger partial charge in [-0.25, -0.2) is 0 Å². The van der Waals surface area contributed by atoms with E-state index in [0.717, 1.165) is 17.7 Å². The molecule has 2 aliphatic rings. The Balaban J connectivity index is 1.66. The number of hydrogen-bond acceptors (Lipinski definition) is 3. The lowest BCUT2D eigenvalue weighted by atomic mass is 10.1. The van der Waals surface area contributed by atoms with Crippen LogP contribution in [0.4, 0.5) is 5.69 Å². The number of benzene rings is 1. The van der Waals surface area contributed by atoms with Crippen LogP contribution in [-0.4, -0.2) is 30.9 Å². The van der Waals surface area contributed by atoms with E-state index in [-0.39, 0.29) is 17.9 Å². The predicted molar refractivity (Wildman–Crippen MR) is 81.2 cm³/mol. The summed E-state index contributed by atoms with van der Waals surface area (Å²) in [6.07, 6.45) is 3.16. The van der Waals surface area contributed by atoms with Gasteiger partial charge in [-0.05, 0) is 48.9 Å². The van der Waals surface area contributed by atoms with Crippen molar-refractivity contribution in [3.8, 4) is 0 Å². The highest BCUT2D eigenvalue weighted by Gasteiger charge is 2.28. The average molecular weight is 287 g/mol. The van der Waals surface area contributed by atoms with Gasteiger partial charge in [0, 0.05) is 37.3 Å². The molecule has 1 unspecified atom stereocenters. The van der Waals surface area contributed by atoms with Crippen molar-refractivity contribution in [1.29, 1.82) is 0 Å². The molecule has 0 aromatic heterocycles. The Bertz CT molecular complexity index is 581. The molecule has 21 heavy (non-hydrogen) atoms. The number of fused-ring (bicyclic) bond motifs is 1. The number of nitrogens with one attached hydrogen (secondary N) is 1. The van der Waals surface area contributed by atoms with Crippen LogP contribution in [0.15, 0.2) is 18.2 Å². The molecule has 1 aliphatic carbocycles. The summed E-state index contributed by atoms with van der Waals surface area (Å²) in [4.78, 5) is 25.4. The molecule has 1 saturated carbocycles. The van der Waals surface area contributed by atoms with Gasteiger partial charge in [0.25, 0.3) is 5.91 Å². The second kappa shape index (κ2) is 5.48. The monoisotopic (exact) mass is 287 g/mol. The van der Waals surface area contributed by atoms with Gasteiger partial charge >= 0.3 is 0 Å². The van der Waals surface area contributed by atoms with E-state index in [4.69, 9.17) is 5.73 Å². The number of carbonyl (C=O) groups excluding carboxylic acids is 2. The van der Waals surface area contributed by atoms with E-state index >= 15 is 0 Å². The Morgan fingerprint density at radius 1 is 1.43 bits per heavy atom.